The van der Waals surface area contributed by atoms with Gasteiger partial charge in [0, 0.05) is 26.2 Å². The van der Waals surface area contributed by atoms with E-state index in [9.17, 15) is 14.7 Å². The quantitative estimate of drug-likeness (QED) is 0.430. The van der Waals surface area contributed by atoms with Crippen molar-refractivity contribution in [1.82, 2.24) is 0 Å². The van der Waals surface area contributed by atoms with E-state index < -0.39 is 11.2 Å². The number of carbonyl (C=O) groups excluding carboxylic acids is 2. The summed E-state index contributed by atoms with van der Waals surface area (Å²) in [7, 11) is 0. The lowest BCUT2D eigenvalue weighted by atomic mass is 9.49. The summed E-state index contributed by atoms with van der Waals surface area (Å²) in [6, 6.07) is 0. The average Bonchev–Trinajstić information content (AvgIpc) is 3.29. The van der Waals surface area contributed by atoms with Gasteiger partial charge in [-0.2, -0.15) is 0 Å². The molecule has 3 saturated carbocycles. The van der Waals surface area contributed by atoms with Crippen LogP contribution in [-0.2, 0) is 23.8 Å². The first-order chi connectivity index (χ1) is 14.1. The molecule has 0 aromatic carbocycles. The molecule has 5 rings (SSSR count). The first-order valence-electron chi connectivity index (χ1n) is 11.6. The van der Waals surface area contributed by atoms with Crippen LogP contribution >= 0.6 is 0 Å². The molecule has 4 aliphatic carbocycles. The molecular weight excluding hydrogens is 384 g/mol. The number of hydrogen-bond acceptors (Lipinski definition) is 6. The normalized spacial score (nSPS) is 49.5. The molecule has 4 fully saturated rings. The number of ether oxygens (including phenoxy) is 3. The molecule has 3 unspecified atom stereocenters. The van der Waals surface area contributed by atoms with Crippen molar-refractivity contribution < 1.29 is 28.9 Å². The van der Waals surface area contributed by atoms with Crippen molar-refractivity contribution in [2.75, 3.05) is 0 Å². The molecule has 1 spiro atoms. The van der Waals surface area contributed by atoms with Gasteiger partial charge in [-0.3, -0.25) is 9.59 Å². The Morgan fingerprint density at radius 2 is 1.97 bits per heavy atom. The molecule has 6 nitrogen and oxygen atoms in total. The van der Waals surface area contributed by atoms with Gasteiger partial charge in [-0.15, -0.1) is 0 Å². The summed E-state index contributed by atoms with van der Waals surface area (Å²) in [5.41, 5.74) is -0.00905. The average molecular weight is 419 g/mol. The first kappa shape index (κ1) is 20.5. The molecule has 1 saturated heterocycles. The van der Waals surface area contributed by atoms with Gasteiger partial charge in [-0.05, 0) is 62.7 Å². The zero-order chi connectivity index (χ0) is 21.5. The minimum atomic E-state index is -0.864. The predicted octanol–water partition coefficient (Wildman–Crippen LogP) is 3.30. The van der Waals surface area contributed by atoms with Gasteiger partial charge in [0.15, 0.2) is 0 Å². The maximum atomic E-state index is 12.1. The zero-order valence-corrected chi connectivity index (χ0v) is 18.5. The van der Waals surface area contributed by atoms with Gasteiger partial charge in [0.05, 0.1) is 11.7 Å². The number of fused-ring (bicyclic) bond motifs is 4. The molecule has 0 bridgehead atoms. The highest BCUT2D eigenvalue weighted by Crippen LogP contribution is 2.72. The molecule has 0 aromatic rings. The number of allylic oxidation sites excluding steroid dienone is 1. The molecule has 30 heavy (non-hydrogen) atoms. The molecule has 166 valence electrons. The Balaban J connectivity index is 1.42. The third-order valence-corrected chi connectivity index (χ3v) is 9.24. The fourth-order valence-corrected chi connectivity index (χ4v) is 7.98. The number of rotatable bonds is 3. The van der Waals surface area contributed by atoms with Crippen molar-refractivity contribution in [2.24, 2.45) is 23.2 Å². The second-order valence-electron chi connectivity index (χ2n) is 10.6. The summed E-state index contributed by atoms with van der Waals surface area (Å²) in [5.74, 6) is 0.0895. The van der Waals surface area contributed by atoms with Crippen LogP contribution in [0.3, 0.4) is 0 Å². The van der Waals surface area contributed by atoms with E-state index in [1.807, 2.05) is 6.92 Å². The number of hydrogen-bond donors (Lipinski definition) is 1. The van der Waals surface area contributed by atoms with Gasteiger partial charge in [0.25, 0.3) is 0 Å². The van der Waals surface area contributed by atoms with Gasteiger partial charge >= 0.3 is 11.9 Å². The SMILES string of the molecule is CC(=O)OC(C)[C@H]1CC[C@]2(O)C3CC=C4C[C@@H](OC(C)=O)CC[C@]4(C)C3C[C@H]3O[C@]132. The molecule has 6 heteroatoms. The lowest BCUT2D eigenvalue weighted by Crippen LogP contribution is -2.61. The smallest absolute Gasteiger partial charge is 0.302 e. The Morgan fingerprint density at radius 3 is 2.67 bits per heavy atom. The van der Waals surface area contributed by atoms with Gasteiger partial charge in [0.2, 0.25) is 0 Å². The molecule has 0 amide bonds. The summed E-state index contributed by atoms with van der Waals surface area (Å²) < 4.78 is 17.4. The monoisotopic (exact) mass is 418 g/mol. The topological polar surface area (TPSA) is 85.4 Å². The highest BCUT2D eigenvalue weighted by Gasteiger charge is 2.81. The lowest BCUT2D eigenvalue weighted by molar-refractivity contribution is -0.157. The van der Waals surface area contributed by atoms with Crippen LogP contribution in [0.5, 0.6) is 0 Å². The summed E-state index contributed by atoms with van der Waals surface area (Å²) in [6.45, 7) is 7.20. The Labute approximate surface area is 178 Å². The summed E-state index contributed by atoms with van der Waals surface area (Å²) >= 11 is 0. The number of aliphatic hydroxyl groups is 1. The summed E-state index contributed by atoms with van der Waals surface area (Å²) in [5, 5.41) is 12.1. The van der Waals surface area contributed by atoms with Crippen molar-refractivity contribution in [3.63, 3.8) is 0 Å². The van der Waals surface area contributed by atoms with Crippen LogP contribution in [0, 0.1) is 23.2 Å². The highest BCUT2D eigenvalue weighted by atomic mass is 16.6. The van der Waals surface area contributed by atoms with Crippen molar-refractivity contribution in [1.29, 1.82) is 0 Å². The number of carbonyl (C=O) groups is 2. The van der Waals surface area contributed by atoms with Crippen LogP contribution in [0.2, 0.25) is 0 Å². The van der Waals surface area contributed by atoms with Crippen molar-refractivity contribution in [2.45, 2.75) is 102 Å². The fourth-order valence-electron chi connectivity index (χ4n) is 7.98. The predicted molar refractivity (Wildman–Crippen MR) is 108 cm³/mol. The van der Waals surface area contributed by atoms with E-state index in [-0.39, 0.29) is 47.5 Å². The van der Waals surface area contributed by atoms with Gasteiger partial charge in [0.1, 0.15) is 17.8 Å². The fraction of sp³-hybridized carbons (Fsp3) is 0.833. The van der Waals surface area contributed by atoms with Crippen LogP contribution in [0.15, 0.2) is 11.6 Å². The van der Waals surface area contributed by atoms with Crippen molar-refractivity contribution in [3.05, 3.63) is 11.6 Å². The second-order valence-corrected chi connectivity index (χ2v) is 10.6. The van der Waals surface area contributed by atoms with E-state index >= 15 is 0 Å². The highest BCUT2D eigenvalue weighted by molar-refractivity contribution is 5.66. The Hall–Kier alpha value is -1.40. The van der Waals surface area contributed by atoms with Gasteiger partial charge in [-0.1, -0.05) is 18.6 Å². The molecule has 1 heterocycles. The standard InChI is InChI=1S/C24H34O6/c1-13(28-14(2)25)18-8-10-23(27)19-6-5-16-11-17(29-15(3)26)7-9-22(16,4)20(19)12-21-24(18,23)30-21/h5,13,17-21,27H,6-12H2,1-4H3/t13?,17-,18+,19?,20?,21+,22-,23-,24+/m0/s1. The van der Waals surface area contributed by atoms with Crippen molar-refractivity contribution >= 4 is 11.9 Å². The van der Waals surface area contributed by atoms with Gasteiger partial charge < -0.3 is 19.3 Å². The van der Waals surface area contributed by atoms with Crippen LogP contribution in [-0.4, -0.2) is 46.6 Å². The number of esters is 2. The molecule has 9 atom stereocenters. The molecule has 1 N–H and O–H groups in total. The summed E-state index contributed by atoms with van der Waals surface area (Å²) in [4.78, 5) is 22.9. The first-order valence-corrected chi connectivity index (χ1v) is 11.6. The number of epoxide rings is 1. The van der Waals surface area contributed by atoms with Crippen molar-refractivity contribution in [3.8, 4) is 0 Å². The Kier molecular flexibility index (Phi) is 4.48. The van der Waals surface area contributed by atoms with Crippen LogP contribution in [0.25, 0.3) is 0 Å². The van der Waals surface area contributed by atoms with Crippen LogP contribution in [0.1, 0.15) is 72.6 Å². The second kappa shape index (κ2) is 6.55. The maximum absolute atomic E-state index is 12.1. The van der Waals surface area contributed by atoms with E-state index in [2.05, 4.69) is 13.0 Å². The molecular formula is C24H34O6. The van der Waals surface area contributed by atoms with E-state index in [1.54, 1.807) is 0 Å². The maximum Gasteiger partial charge on any atom is 0.302 e. The largest absolute Gasteiger partial charge is 0.462 e. The molecule has 0 aromatic heterocycles. The molecule has 0 radical (unpaired) electrons. The minimum Gasteiger partial charge on any atom is -0.462 e. The minimum absolute atomic E-state index is 0.0208. The van der Waals surface area contributed by atoms with E-state index in [4.69, 9.17) is 14.2 Å². The van der Waals surface area contributed by atoms with Crippen LogP contribution < -0.4 is 0 Å². The Bertz CT molecular complexity index is 806. The lowest BCUT2D eigenvalue weighted by Gasteiger charge is -2.56. The third kappa shape index (κ3) is 2.62. The summed E-state index contributed by atoms with van der Waals surface area (Å²) in [6.07, 6.45) is 8.05. The van der Waals surface area contributed by atoms with E-state index in [0.29, 0.717) is 12.3 Å². The zero-order valence-electron chi connectivity index (χ0n) is 18.5. The van der Waals surface area contributed by atoms with E-state index in [1.165, 1.54) is 19.4 Å². The molecule has 1 aliphatic heterocycles. The van der Waals surface area contributed by atoms with Gasteiger partial charge in [-0.25, -0.2) is 0 Å². The molecule has 5 aliphatic rings. The third-order valence-electron chi connectivity index (χ3n) is 9.24. The van der Waals surface area contributed by atoms with Crippen LogP contribution in [0.4, 0.5) is 0 Å². The Morgan fingerprint density at radius 1 is 1.20 bits per heavy atom. The van der Waals surface area contributed by atoms with E-state index in [0.717, 1.165) is 38.5 Å².